The second-order valence-corrected chi connectivity index (χ2v) is 4.62. The molecule has 2 aromatic rings. The molecule has 72 valence electrons. The zero-order valence-electron chi connectivity index (χ0n) is 8.24. The fourth-order valence-electron chi connectivity index (χ4n) is 1.31. The highest BCUT2D eigenvalue weighted by molar-refractivity contribution is 7.15. The Labute approximate surface area is 87.4 Å². The van der Waals surface area contributed by atoms with Gasteiger partial charge in [0.1, 0.15) is 5.82 Å². The van der Waals surface area contributed by atoms with Crippen molar-refractivity contribution in [3.8, 4) is 10.4 Å². The summed E-state index contributed by atoms with van der Waals surface area (Å²) in [5, 5.41) is 0. The molecule has 2 aromatic heterocycles. The molecule has 0 aromatic carbocycles. The second kappa shape index (κ2) is 3.42. The Balaban J connectivity index is 2.47. The van der Waals surface area contributed by atoms with Crippen molar-refractivity contribution in [2.24, 2.45) is 0 Å². The number of hydrogen-bond donors (Lipinski definition) is 1. The van der Waals surface area contributed by atoms with Crippen LogP contribution < -0.4 is 5.73 Å². The Hall–Kier alpha value is -1.35. The van der Waals surface area contributed by atoms with E-state index in [9.17, 15) is 0 Å². The SMILES string of the molecule is Cc1ccc(-c2cnc(N)c(C)c2)s1. The fraction of sp³-hybridized carbons (Fsp3) is 0.182. The van der Waals surface area contributed by atoms with Gasteiger partial charge in [-0.05, 0) is 37.6 Å². The number of thiophene rings is 1. The van der Waals surface area contributed by atoms with Crippen LogP contribution in [0.1, 0.15) is 10.4 Å². The summed E-state index contributed by atoms with van der Waals surface area (Å²) in [6, 6.07) is 6.31. The Morgan fingerprint density at radius 1 is 1.29 bits per heavy atom. The van der Waals surface area contributed by atoms with Gasteiger partial charge in [0.05, 0.1) is 0 Å². The van der Waals surface area contributed by atoms with Crippen LogP contribution in [0.4, 0.5) is 5.82 Å². The summed E-state index contributed by atoms with van der Waals surface area (Å²) in [5.74, 6) is 0.613. The topological polar surface area (TPSA) is 38.9 Å². The normalized spacial score (nSPS) is 10.4. The molecule has 0 aliphatic heterocycles. The summed E-state index contributed by atoms with van der Waals surface area (Å²) in [5.41, 5.74) is 7.85. The van der Waals surface area contributed by atoms with E-state index in [4.69, 9.17) is 5.73 Å². The van der Waals surface area contributed by atoms with Crippen LogP contribution in [-0.4, -0.2) is 4.98 Å². The fourth-order valence-corrected chi connectivity index (χ4v) is 2.16. The van der Waals surface area contributed by atoms with Crippen LogP contribution in [0.3, 0.4) is 0 Å². The highest BCUT2D eigenvalue weighted by Crippen LogP contribution is 2.28. The number of aromatic nitrogens is 1. The Kier molecular flexibility index (Phi) is 2.25. The highest BCUT2D eigenvalue weighted by Gasteiger charge is 2.02. The van der Waals surface area contributed by atoms with Crippen molar-refractivity contribution in [2.75, 3.05) is 5.73 Å². The number of anilines is 1. The predicted molar refractivity (Wildman–Crippen MR) is 61.4 cm³/mol. The molecule has 0 saturated heterocycles. The molecule has 0 bridgehead atoms. The van der Waals surface area contributed by atoms with E-state index in [0.717, 1.165) is 11.1 Å². The van der Waals surface area contributed by atoms with E-state index >= 15 is 0 Å². The minimum atomic E-state index is 0.613. The van der Waals surface area contributed by atoms with Crippen molar-refractivity contribution in [3.63, 3.8) is 0 Å². The van der Waals surface area contributed by atoms with Crippen molar-refractivity contribution >= 4 is 17.2 Å². The van der Waals surface area contributed by atoms with E-state index < -0.39 is 0 Å². The van der Waals surface area contributed by atoms with Gasteiger partial charge in [0.2, 0.25) is 0 Å². The summed E-state index contributed by atoms with van der Waals surface area (Å²) in [4.78, 5) is 6.71. The summed E-state index contributed by atoms with van der Waals surface area (Å²) in [6.45, 7) is 4.08. The molecule has 0 fully saturated rings. The van der Waals surface area contributed by atoms with Crippen molar-refractivity contribution < 1.29 is 0 Å². The molecule has 0 unspecified atom stereocenters. The van der Waals surface area contributed by atoms with Gasteiger partial charge in [-0.3, -0.25) is 0 Å². The molecule has 2 rings (SSSR count). The molecule has 2 N–H and O–H groups in total. The minimum absolute atomic E-state index is 0.613. The lowest BCUT2D eigenvalue weighted by atomic mass is 10.2. The minimum Gasteiger partial charge on any atom is -0.383 e. The molecule has 14 heavy (non-hydrogen) atoms. The smallest absolute Gasteiger partial charge is 0.126 e. The van der Waals surface area contributed by atoms with E-state index in [0.29, 0.717) is 5.82 Å². The largest absolute Gasteiger partial charge is 0.383 e. The van der Waals surface area contributed by atoms with Crippen LogP contribution in [0.15, 0.2) is 24.4 Å². The molecule has 2 nitrogen and oxygen atoms in total. The maximum Gasteiger partial charge on any atom is 0.126 e. The van der Waals surface area contributed by atoms with Crippen molar-refractivity contribution in [3.05, 3.63) is 34.8 Å². The average molecular weight is 204 g/mol. The number of hydrogen-bond acceptors (Lipinski definition) is 3. The number of rotatable bonds is 1. The zero-order chi connectivity index (χ0) is 10.1. The zero-order valence-corrected chi connectivity index (χ0v) is 9.06. The molecule has 0 amide bonds. The van der Waals surface area contributed by atoms with Crippen molar-refractivity contribution in [1.29, 1.82) is 0 Å². The number of nitrogens with zero attached hydrogens (tertiary/aromatic N) is 1. The van der Waals surface area contributed by atoms with Crippen LogP contribution >= 0.6 is 11.3 Å². The molecular formula is C11H12N2S. The van der Waals surface area contributed by atoms with Gasteiger partial charge in [-0.1, -0.05) is 0 Å². The predicted octanol–water partition coefficient (Wildman–Crippen LogP) is 3.01. The van der Waals surface area contributed by atoms with Crippen LogP contribution in [0.25, 0.3) is 10.4 Å². The number of pyridine rings is 1. The standard InChI is InChI=1S/C11H12N2S/c1-7-5-9(6-13-11(7)12)10-4-3-8(2)14-10/h3-6H,1-2H3,(H2,12,13). The van der Waals surface area contributed by atoms with E-state index in [1.165, 1.54) is 9.75 Å². The van der Waals surface area contributed by atoms with E-state index in [1.54, 1.807) is 11.3 Å². The van der Waals surface area contributed by atoms with E-state index in [1.807, 2.05) is 13.1 Å². The van der Waals surface area contributed by atoms with Crippen LogP contribution in [0, 0.1) is 13.8 Å². The summed E-state index contributed by atoms with van der Waals surface area (Å²) < 4.78 is 0. The molecule has 2 heterocycles. The lowest BCUT2D eigenvalue weighted by molar-refractivity contribution is 1.28. The van der Waals surface area contributed by atoms with Gasteiger partial charge in [-0.2, -0.15) is 0 Å². The molecule has 0 atom stereocenters. The van der Waals surface area contributed by atoms with E-state index in [-0.39, 0.29) is 0 Å². The average Bonchev–Trinajstić information content (AvgIpc) is 2.57. The van der Waals surface area contributed by atoms with Crippen LogP contribution in [0.5, 0.6) is 0 Å². The number of aryl methyl sites for hydroxylation is 2. The number of nitrogen functional groups attached to an aromatic ring is 1. The van der Waals surface area contributed by atoms with E-state index in [2.05, 4.69) is 30.1 Å². The summed E-state index contributed by atoms with van der Waals surface area (Å²) in [7, 11) is 0. The first-order valence-electron chi connectivity index (χ1n) is 4.46. The molecular weight excluding hydrogens is 192 g/mol. The molecule has 0 radical (unpaired) electrons. The van der Waals surface area contributed by atoms with Gasteiger partial charge >= 0.3 is 0 Å². The molecule has 0 aliphatic carbocycles. The van der Waals surface area contributed by atoms with Crippen molar-refractivity contribution in [2.45, 2.75) is 13.8 Å². The summed E-state index contributed by atoms with van der Waals surface area (Å²) in [6.07, 6.45) is 1.83. The quantitative estimate of drug-likeness (QED) is 0.775. The first-order valence-corrected chi connectivity index (χ1v) is 5.27. The van der Waals surface area contributed by atoms with Gasteiger partial charge in [0.25, 0.3) is 0 Å². The first kappa shape index (κ1) is 9.21. The third kappa shape index (κ3) is 1.63. The third-order valence-corrected chi connectivity index (χ3v) is 3.19. The van der Waals surface area contributed by atoms with Crippen LogP contribution in [-0.2, 0) is 0 Å². The highest BCUT2D eigenvalue weighted by atomic mass is 32.1. The molecule has 0 saturated carbocycles. The van der Waals surface area contributed by atoms with Gasteiger partial charge in [0, 0.05) is 21.5 Å². The third-order valence-electron chi connectivity index (χ3n) is 2.14. The Morgan fingerprint density at radius 3 is 2.64 bits per heavy atom. The lowest BCUT2D eigenvalue weighted by Gasteiger charge is -2.01. The van der Waals surface area contributed by atoms with Gasteiger partial charge in [-0.15, -0.1) is 11.3 Å². The van der Waals surface area contributed by atoms with Gasteiger partial charge < -0.3 is 5.73 Å². The molecule has 3 heteroatoms. The summed E-state index contributed by atoms with van der Waals surface area (Å²) >= 11 is 1.77. The Morgan fingerprint density at radius 2 is 2.07 bits per heavy atom. The van der Waals surface area contributed by atoms with Crippen molar-refractivity contribution in [1.82, 2.24) is 4.98 Å². The maximum absolute atomic E-state index is 5.66. The lowest BCUT2D eigenvalue weighted by Crippen LogP contribution is -1.93. The molecule has 0 aliphatic rings. The Bertz CT molecular complexity index is 460. The van der Waals surface area contributed by atoms with Gasteiger partial charge in [-0.25, -0.2) is 4.98 Å². The monoisotopic (exact) mass is 204 g/mol. The van der Waals surface area contributed by atoms with Gasteiger partial charge in [0.15, 0.2) is 0 Å². The molecule has 0 spiro atoms. The second-order valence-electron chi connectivity index (χ2n) is 3.34. The first-order chi connectivity index (χ1) is 6.66. The maximum atomic E-state index is 5.66. The van der Waals surface area contributed by atoms with Crippen LogP contribution in [0.2, 0.25) is 0 Å². The number of nitrogens with two attached hydrogens (primary N) is 1.